The third-order valence-corrected chi connectivity index (χ3v) is 3.51. The molecule has 0 aromatic rings. The molecule has 0 aromatic carbocycles. The van der Waals surface area contributed by atoms with E-state index in [1.807, 2.05) is 0 Å². The van der Waals surface area contributed by atoms with Gasteiger partial charge in [-0.3, -0.25) is 9.79 Å². The summed E-state index contributed by atoms with van der Waals surface area (Å²) in [6.45, 7) is 2.65. The van der Waals surface area contributed by atoms with E-state index in [4.69, 9.17) is 4.74 Å². The Labute approximate surface area is 144 Å². The third kappa shape index (κ3) is 9.13. The van der Waals surface area contributed by atoms with Crippen molar-refractivity contribution in [1.82, 2.24) is 16.0 Å². The number of nitrogens with one attached hydrogen (secondary N) is 3. The number of guanidine groups is 1. The van der Waals surface area contributed by atoms with Crippen LogP contribution < -0.4 is 16.0 Å². The van der Waals surface area contributed by atoms with Crippen LogP contribution in [-0.4, -0.2) is 52.3 Å². The fourth-order valence-corrected chi connectivity index (χ4v) is 2.37. The van der Waals surface area contributed by atoms with E-state index in [-0.39, 0.29) is 35.8 Å². The van der Waals surface area contributed by atoms with Crippen molar-refractivity contribution in [2.24, 2.45) is 10.9 Å². The Morgan fingerprint density at radius 1 is 1.10 bits per heavy atom. The van der Waals surface area contributed by atoms with Crippen LogP contribution in [0.5, 0.6) is 0 Å². The second-order valence-corrected chi connectivity index (χ2v) is 5.04. The van der Waals surface area contributed by atoms with Crippen molar-refractivity contribution in [3.05, 3.63) is 0 Å². The van der Waals surface area contributed by atoms with Crippen LogP contribution in [0.15, 0.2) is 4.99 Å². The summed E-state index contributed by atoms with van der Waals surface area (Å²) in [6, 6.07) is 0. The van der Waals surface area contributed by atoms with Gasteiger partial charge in [0.1, 0.15) is 0 Å². The van der Waals surface area contributed by atoms with E-state index in [0.717, 1.165) is 18.8 Å². The van der Waals surface area contributed by atoms with Gasteiger partial charge in [0.25, 0.3) is 0 Å². The number of amides is 1. The summed E-state index contributed by atoms with van der Waals surface area (Å²) in [5.74, 6) is 1.16. The first-order chi connectivity index (χ1) is 9.77. The molecule has 1 rings (SSSR count). The predicted molar refractivity (Wildman–Crippen MR) is 96.2 cm³/mol. The monoisotopic (exact) mass is 412 g/mol. The Morgan fingerprint density at radius 2 is 1.71 bits per heavy atom. The molecule has 0 bridgehead atoms. The number of hydrogen-bond donors (Lipinski definition) is 3. The van der Waals surface area contributed by atoms with Gasteiger partial charge in [0, 0.05) is 39.7 Å². The SMILES string of the molecule is CN=C(NCCNC(=O)C1CCCCC1)NCCOC.I. The van der Waals surface area contributed by atoms with Crippen LogP contribution in [-0.2, 0) is 9.53 Å². The Morgan fingerprint density at radius 3 is 2.33 bits per heavy atom. The van der Waals surface area contributed by atoms with E-state index in [9.17, 15) is 4.79 Å². The molecule has 0 aromatic heterocycles. The van der Waals surface area contributed by atoms with Gasteiger partial charge >= 0.3 is 0 Å². The van der Waals surface area contributed by atoms with Crippen molar-refractivity contribution < 1.29 is 9.53 Å². The molecule has 0 saturated heterocycles. The van der Waals surface area contributed by atoms with Crippen molar-refractivity contribution in [3.63, 3.8) is 0 Å². The van der Waals surface area contributed by atoms with Crippen molar-refractivity contribution in [3.8, 4) is 0 Å². The third-order valence-electron chi connectivity index (χ3n) is 3.51. The number of aliphatic imine (C=N–C) groups is 1. The highest BCUT2D eigenvalue weighted by Crippen LogP contribution is 2.23. The topological polar surface area (TPSA) is 74.8 Å². The molecule has 0 spiro atoms. The predicted octanol–water partition coefficient (Wildman–Crippen LogP) is 1.11. The fraction of sp³-hybridized carbons (Fsp3) is 0.857. The molecule has 1 aliphatic rings. The molecule has 0 aliphatic heterocycles. The normalized spacial score (nSPS) is 16.0. The van der Waals surface area contributed by atoms with Crippen LogP contribution >= 0.6 is 24.0 Å². The highest BCUT2D eigenvalue weighted by Gasteiger charge is 2.20. The van der Waals surface area contributed by atoms with E-state index in [1.54, 1.807) is 14.2 Å². The molecule has 3 N–H and O–H groups in total. The smallest absolute Gasteiger partial charge is 0.223 e. The largest absolute Gasteiger partial charge is 0.383 e. The van der Waals surface area contributed by atoms with Gasteiger partial charge in [-0.25, -0.2) is 0 Å². The summed E-state index contributed by atoms with van der Waals surface area (Å²) < 4.78 is 4.96. The maximum Gasteiger partial charge on any atom is 0.223 e. The lowest BCUT2D eigenvalue weighted by molar-refractivity contribution is -0.125. The van der Waals surface area contributed by atoms with Crippen LogP contribution in [0.4, 0.5) is 0 Å². The summed E-state index contributed by atoms with van der Waals surface area (Å²) in [4.78, 5) is 16.0. The van der Waals surface area contributed by atoms with Gasteiger partial charge in [-0.15, -0.1) is 24.0 Å². The summed E-state index contributed by atoms with van der Waals surface area (Å²) in [5.41, 5.74) is 0. The summed E-state index contributed by atoms with van der Waals surface area (Å²) in [6.07, 6.45) is 5.73. The molecule has 0 atom stereocenters. The van der Waals surface area contributed by atoms with Gasteiger partial charge in [0.15, 0.2) is 5.96 Å². The van der Waals surface area contributed by atoms with Crippen molar-refractivity contribution in [2.75, 3.05) is 40.4 Å². The molecular formula is C14H29IN4O2. The lowest BCUT2D eigenvalue weighted by Gasteiger charge is -2.20. The number of carbonyl (C=O) groups excluding carboxylic acids is 1. The lowest BCUT2D eigenvalue weighted by atomic mass is 9.89. The average molecular weight is 412 g/mol. The van der Waals surface area contributed by atoms with Gasteiger partial charge in [0.05, 0.1) is 6.61 Å². The molecule has 7 heteroatoms. The Hall–Kier alpha value is -0.570. The zero-order chi connectivity index (χ0) is 14.6. The van der Waals surface area contributed by atoms with Gasteiger partial charge in [-0.2, -0.15) is 0 Å². The number of hydrogen-bond acceptors (Lipinski definition) is 3. The maximum atomic E-state index is 11.9. The summed E-state index contributed by atoms with van der Waals surface area (Å²) in [5, 5.41) is 9.27. The highest BCUT2D eigenvalue weighted by molar-refractivity contribution is 14.0. The Bertz CT molecular complexity index is 307. The van der Waals surface area contributed by atoms with Crippen molar-refractivity contribution in [2.45, 2.75) is 32.1 Å². The zero-order valence-corrected chi connectivity index (χ0v) is 15.4. The fourth-order valence-electron chi connectivity index (χ4n) is 2.37. The van der Waals surface area contributed by atoms with Crippen LogP contribution in [0.1, 0.15) is 32.1 Å². The molecule has 1 amide bonds. The minimum atomic E-state index is 0. The summed E-state index contributed by atoms with van der Waals surface area (Å²) in [7, 11) is 3.39. The van der Waals surface area contributed by atoms with E-state index in [0.29, 0.717) is 26.2 Å². The number of carbonyl (C=O) groups is 1. The maximum absolute atomic E-state index is 11.9. The van der Waals surface area contributed by atoms with Gasteiger partial charge in [-0.05, 0) is 12.8 Å². The molecule has 0 unspecified atom stereocenters. The second kappa shape index (κ2) is 13.1. The molecule has 21 heavy (non-hydrogen) atoms. The number of methoxy groups -OCH3 is 1. The van der Waals surface area contributed by atoms with E-state index >= 15 is 0 Å². The first-order valence-electron chi connectivity index (χ1n) is 7.49. The number of rotatable bonds is 7. The highest BCUT2D eigenvalue weighted by atomic mass is 127. The first-order valence-corrected chi connectivity index (χ1v) is 7.49. The molecule has 1 aliphatic carbocycles. The van der Waals surface area contributed by atoms with E-state index < -0.39 is 0 Å². The van der Waals surface area contributed by atoms with Crippen LogP contribution in [0, 0.1) is 5.92 Å². The molecular weight excluding hydrogens is 383 g/mol. The quantitative estimate of drug-likeness (QED) is 0.254. The zero-order valence-electron chi connectivity index (χ0n) is 13.1. The van der Waals surface area contributed by atoms with Crippen LogP contribution in [0.3, 0.4) is 0 Å². The average Bonchev–Trinajstić information content (AvgIpc) is 2.50. The van der Waals surface area contributed by atoms with Gasteiger partial charge in [-0.1, -0.05) is 19.3 Å². The number of halogens is 1. The van der Waals surface area contributed by atoms with Gasteiger partial charge < -0.3 is 20.7 Å². The molecule has 0 radical (unpaired) electrons. The molecule has 0 heterocycles. The number of ether oxygens (including phenoxy) is 1. The molecule has 6 nitrogen and oxygen atoms in total. The first kappa shape index (κ1) is 20.4. The number of nitrogens with zero attached hydrogens (tertiary/aromatic N) is 1. The minimum Gasteiger partial charge on any atom is -0.383 e. The van der Waals surface area contributed by atoms with Crippen molar-refractivity contribution >= 4 is 35.8 Å². The minimum absolute atomic E-state index is 0. The van der Waals surface area contributed by atoms with Gasteiger partial charge in [0.2, 0.25) is 5.91 Å². The molecule has 1 fully saturated rings. The van der Waals surface area contributed by atoms with Crippen LogP contribution in [0.2, 0.25) is 0 Å². The van der Waals surface area contributed by atoms with Crippen molar-refractivity contribution in [1.29, 1.82) is 0 Å². The second-order valence-electron chi connectivity index (χ2n) is 5.04. The molecule has 124 valence electrons. The van der Waals surface area contributed by atoms with E-state index in [2.05, 4.69) is 20.9 Å². The molecule has 1 saturated carbocycles. The standard InChI is InChI=1S/C14H28N4O2.HI/c1-15-14(18-10-11-20-2)17-9-8-16-13(19)12-6-4-3-5-7-12;/h12H,3-11H2,1-2H3,(H,16,19)(H2,15,17,18);1H. The van der Waals surface area contributed by atoms with E-state index in [1.165, 1.54) is 19.3 Å². The van der Waals surface area contributed by atoms with Crippen LogP contribution in [0.25, 0.3) is 0 Å². The lowest BCUT2D eigenvalue weighted by Crippen LogP contribution is -2.43. The Kier molecular flexibility index (Phi) is 12.8. The summed E-state index contributed by atoms with van der Waals surface area (Å²) >= 11 is 0. The Balaban J connectivity index is 0.00000400.